The maximum absolute atomic E-state index is 14.8. The highest BCUT2D eigenvalue weighted by atomic mass is 35.5. The van der Waals surface area contributed by atoms with E-state index in [1.54, 1.807) is 39.1 Å². The number of carbonyl (C=O) groups is 1. The van der Waals surface area contributed by atoms with Gasteiger partial charge in [0.15, 0.2) is 5.78 Å². The highest BCUT2D eigenvalue weighted by Crippen LogP contribution is 2.34. The molecule has 3 rings (SSSR count). The molecule has 30 heavy (non-hydrogen) atoms. The molecule has 0 bridgehead atoms. The second kappa shape index (κ2) is 8.31. The van der Waals surface area contributed by atoms with Gasteiger partial charge in [-0.15, -0.1) is 0 Å². The summed E-state index contributed by atoms with van der Waals surface area (Å²) in [6.45, 7) is 3.78. The maximum Gasteiger partial charge on any atom is 0.204 e. The first-order valence-corrected chi connectivity index (χ1v) is 11.3. The number of nitrogens with zero attached hydrogens (tertiary/aromatic N) is 4. The minimum absolute atomic E-state index is 0.0158. The number of ketones is 1. The van der Waals surface area contributed by atoms with Gasteiger partial charge in [-0.2, -0.15) is 0 Å². The summed E-state index contributed by atoms with van der Waals surface area (Å²) in [5.41, 5.74) is 5.87. The van der Waals surface area contributed by atoms with Gasteiger partial charge in [-0.1, -0.05) is 17.7 Å². The number of nitrogens with two attached hydrogens (primary N) is 1. The van der Waals surface area contributed by atoms with Gasteiger partial charge in [0.1, 0.15) is 27.0 Å². The van der Waals surface area contributed by atoms with Crippen LogP contribution in [0.15, 0.2) is 45.9 Å². The van der Waals surface area contributed by atoms with Crippen molar-refractivity contribution in [3.63, 3.8) is 0 Å². The van der Waals surface area contributed by atoms with Crippen molar-refractivity contribution in [2.24, 2.45) is 15.1 Å². The molecule has 2 atom stereocenters. The number of guanidine groups is 1. The Labute approximate surface area is 180 Å². The Hall–Kier alpha value is -2.52. The molecule has 0 saturated carbocycles. The Morgan fingerprint density at radius 3 is 2.77 bits per heavy atom. The minimum atomic E-state index is -2.88. The van der Waals surface area contributed by atoms with Crippen LogP contribution >= 0.6 is 11.6 Å². The number of rotatable bonds is 5. The molecule has 0 aliphatic carbocycles. The van der Waals surface area contributed by atoms with E-state index in [9.17, 15) is 13.4 Å². The Morgan fingerprint density at radius 1 is 1.40 bits per heavy atom. The van der Waals surface area contributed by atoms with Crippen molar-refractivity contribution in [2.75, 3.05) is 19.3 Å². The molecule has 1 aromatic heterocycles. The van der Waals surface area contributed by atoms with E-state index in [4.69, 9.17) is 17.3 Å². The maximum atomic E-state index is 14.8. The fourth-order valence-corrected chi connectivity index (χ4v) is 5.61. The summed E-state index contributed by atoms with van der Waals surface area (Å²) >= 11 is 5.81. The molecule has 1 aromatic carbocycles. The van der Waals surface area contributed by atoms with Crippen LogP contribution in [0.4, 0.5) is 4.39 Å². The molecule has 1 aliphatic heterocycles. The van der Waals surface area contributed by atoms with Gasteiger partial charge in [-0.25, -0.2) is 18.0 Å². The van der Waals surface area contributed by atoms with Gasteiger partial charge < -0.3 is 5.73 Å². The van der Waals surface area contributed by atoms with Gasteiger partial charge in [0.25, 0.3) is 0 Å². The zero-order valence-corrected chi connectivity index (χ0v) is 18.5. The number of pyridine rings is 1. The number of aliphatic imine (C=N–C) groups is 1. The van der Waals surface area contributed by atoms with Crippen molar-refractivity contribution in [3.05, 3.63) is 64.2 Å². The van der Waals surface area contributed by atoms with Crippen LogP contribution in [0.1, 0.15) is 35.5 Å². The number of hydrogen-bond donors (Lipinski definition) is 1. The summed E-state index contributed by atoms with van der Waals surface area (Å²) in [4.78, 5) is 21.0. The zero-order chi connectivity index (χ0) is 22.1. The smallest absolute Gasteiger partial charge is 0.204 e. The molecule has 0 saturated heterocycles. The number of hydrogen-bond acceptors (Lipinski definition) is 6. The third-order valence-electron chi connectivity index (χ3n) is 4.90. The van der Waals surface area contributed by atoms with Gasteiger partial charge in [0.2, 0.25) is 5.96 Å². The second-order valence-electron chi connectivity index (χ2n) is 7.21. The largest absolute Gasteiger partial charge is 0.369 e. The molecule has 1 unspecified atom stereocenters. The second-order valence-corrected chi connectivity index (χ2v) is 9.96. The molecule has 2 aromatic rings. The van der Waals surface area contributed by atoms with E-state index < -0.39 is 21.3 Å². The topological polar surface area (TPSA) is 101 Å². The van der Waals surface area contributed by atoms with E-state index in [2.05, 4.69) is 14.3 Å². The molecule has 0 spiro atoms. The number of Topliss-reactive ketones (excluding diaryl/α,β-unsaturated/α-hetero) is 1. The predicted molar refractivity (Wildman–Crippen MR) is 116 cm³/mol. The van der Waals surface area contributed by atoms with E-state index in [0.29, 0.717) is 17.1 Å². The molecule has 0 fully saturated rings. The monoisotopic (exact) mass is 451 g/mol. The van der Waals surface area contributed by atoms with Gasteiger partial charge in [0, 0.05) is 31.8 Å². The normalized spacial score (nSPS) is 23.8. The Bertz CT molecular complexity index is 1130. The summed E-state index contributed by atoms with van der Waals surface area (Å²) in [7, 11) is -1.32. The highest BCUT2D eigenvalue weighted by Gasteiger charge is 2.40. The van der Waals surface area contributed by atoms with Crippen LogP contribution in [0.25, 0.3) is 0 Å². The molecular weight excluding hydrogens is 429 g/mol. The van der Waals surface area contributed by atoms with Crippen molar-refractivity contribution in [1.82, 2.24) is 9.29 Å². The highest BCUT2D eigenvalue weighted by molar-refractivity contribution is 7.92. The average Bonchev–Trinajstić information content (AvgIpc) is 2.68. The van der Waals surface area contributed by atoms with Crippen LogP contribution in [0, 0.1) is 5.82 Å². The van der Waals surface area contributed by atoms with Crippen molar-refractivity contribution in [3.8, 4) is 0 Å². The van der Waals surface area contributed by atoms with Crippen LogP contribution < -0.4 is 5.73 Å². The number of halogens is 2. The molecule has 0 amide bonds. The van der Waals surface area contributed by atoms with E-state index in [-0.39, 0.29) is 35.2 Å². The lowest BCUT2D eigenvalue weighted by atomic mass is 9.91. The van der Waals surface area contributed by atoms with Crippen molar-refractivity contribution < 1.29 is 13.4 Å². The van der Waals surface area contributed by atoms with Crippen molar-refractivity contribution in [2.45, 2.75) is 25.8 Å². The average molecular weight is 452 g/mol. The van der Waals surface area contributed by atoms with Gasteiger partial charge in [-0.05, 0) is 43.7 Å². The van der Waals surface area contributed by atoms with E-state index in [1.807, 2.05) is 0 Å². The zero-order valence-electron chi connectivity index (χ0n) is 16.9. The Balaban J connectivity index is 1.98. The third kappa shape index (κ3) is 4.32. The first kappa shape index (κ1) is 22.2. The quantitative estimate of drug-likeness (QED) is 0.705. The lowest BCUT2D eigenvalue weighted by molar-refractivity contribution is 0.0988. The lowest BCUT2D eigenvalue weighted by Crippen LogP contribution is -2.50. The summed E-state index contributed by atoms with van der Waals surface area (Å²) in [5, 5.41) is 0.433. The molecule has 7 nitrogen and oxygen atoms in total. The SMILES string of the molecule is CCN=S1(=O)C[C@@](C)(c2cc(CC(=O)c3ccc(Cl)cn3)ccc2F)N=C(N)N1C. The molecule has 0 radical (unpaired) electrons. The predicted octanol–water partition coefficient (Wildman–Crippen LogP) is 3.18. The Morgan fingerprint density at radius 2 is 2.13 bits per heavy atom. The Kier molecular flexibility index (Phi) is 6.14. The van der Waals surface area contributed by atoms with Crippen molar-refractivity contribution >= 4 is 33.3 Å². The summed E-state index contributed by atoms with van der Waals surface area (Å²) < 4.78 is 33.7. The minimum Gasteiger partial charge on any atom is -0.369 e. The first-order valence-electron chi connectivity index (χ1n) is 9.31. The fraction of sp³-hybridized carbons (Fsp3) is 0.350. The summed E-state index contributed by atoms with van der Waals surface area (Å²) in [5.74, 6) is -0.738. The van der Waals surface area contributed by atoms with Gasteiger partial charge in [0.05, 0.1) is 10.8 Å². The van der Waals surface area contributed by atoms with Gasteiger partial charge >= 0.3 is 0 Å². The summed E-state index contributed by atoms with van der Waals surface area (Å²) in [6.07, 6.45) is 1.42. The number of aromatic nitrogens is 1. The van der Waals surface area contributed by atoms with Crippen LogP contribution in [0.2, 0.25) is 5.02 Å². The molecule has 10 heteroatoms. The van der Waals surface area contributed by atoms with Crippen LogP contribution in [-0.2, 0) is 21.9 Å². The number of carbonyl (C=O) groups excluding carboxylic acids is 1. The third-order valence-corrected chi connectivity index (χ3v) is 7.77. The van der Waals surface area contributed by atoms with Crippen LogP contribution in [0.3, 0.4) is 0 Å². The van der Waals surface area contributed by atoms with Crippen LogP contribution in [0.5, 0.6) is 0 Å². The molecule has 2 heterocycles. The fourth-order valence-electron chi connectivity index (χ4n) is 3.35. The van der Waals surface area contributed by atoms with Gasteiger partial charge in [-0.3, -0.25) is 14.1 Å². The molecule has 2 N–H and O–H groups in total. The van der Waals surface area contributed by atoms with E-state index >= 15 is 0 Å². The number of benzene rings is 1. The van der Waals surface area contributed by atoms with E-state index in [1.165, 1.54) is 22.6 Å². The molecule has 160 valence electrons. The lowest BCUT2D eigenvalue weighted by Gasteiger charge is -2.37. The first-order chi connectivity index (χ1) is 14.1. The van der Waals surface area contributed by atoms with E-state index in [0.717, 1.165) is 0 Å². The standard InChI is InChI=1S/C20H23ClFN5O2S/c1-4-25-30(29)12-20(2,26-19(23)27(30)3)15-9-13(5-7-16(15)22)10-18(28)17-8-6-14(21)11-24-17/h5-9,11H,4,10,12H2,1-3H3,(H2,23,26)/t20-,30?/m0/s1. The van der Waals surface area contributed by atoms with Crippen LogP contribution in [-0.4, -0.2) is 44.6 Å². The summed E-state index contributed by atoms with van der Waals surface area (Å²) in [6, 6.07) is 7.51. The molecule has 1 aliphatic rings. The molecular formula is C20H23ClFN5O2S. The van der Waals surface area contributed by atoms with Crippen molar-refractivity contribution in [1.29, 1.82) is 0 Å².